The summed E-state index contributed by atoms with van der Waals surface area (Å²) in [6.45, 7) is 1.72. The van der Waals surface area contributed by atoms with Crippen LogP contribution in [-0.4, -0.2) is 193 Å². The van der Waals surface area contributed by atoms with Crippen molar-refractivity contribution in [1.82, 2.24) is 5.32 Å². The van der Waals surface area contributed by atoms with Crippen LogP contribution in [0.4, 0.5) is 0 Å². The highest BCUT2D eigenvalue weighted by Crippen LogP contribution is 2.33. The van der Waals surface area contributed by atoms with Crippen LogP contribution >= 0.6 is 0 Å². The number of hydrogen-bond donors (Lipinski definition) is 12. The van der Waals surface area contributed by atoms with Gasteiger partial charge in [-0.1, -0.05) is 342 Å². The summed E-state index contributed by atoms with van der Waals surface area (Å²) >= 11 is 0. The van der Waals surface area contributed by atoms with Gasteiger partial charge in [0.2, 0.25) is 5.91 Å². The topological polar surface area (TPSA) is 307 Å². The third kappa shape index (κ3) is 46.8. The molecule has 3 heterocycles. The number of carbonyl (C=O) groups is 1. The van der Waals surface area contributed by atoms with E-state index in [0.717, 1.165) is 116 Å². The van der Waals surface area contributed by atoms with Crippen molar-refractivity contribution in [3.63, 3.8) is 0 Å². The van der Waals surface area contributed by atoms with E-state index in [-0.39, 0.29) is 18.9 Å². The van der Waals surface area contributed by atoms with Gasteiger partial charge in [-0.15, -0.1) is 0 Å². The summed E-state index contributed by atoms with van der Waals surface area (Å²) in [5.41, 5.74) is 0. The molecule has 0 aliphatic carbocycles. The van der Waals surface area contributed by atoms with E-state index in [1.165, 1.54) is 180 Å². The van der Waals surface area contributed by atoms with Crippen LogP contribution in [0.5, 0.6) is 0 Å². The normalized spacial score (nSPS) is 25.9. The number of amides is 1. The summed E-state index contributed by atoms with van der Waals surface area (Å²) in [6, 6.07) is -0.901. The van der Waals surface area contributed by atoms with Crippen LogP contribution in [0.3, 0.4) is 0 Å². The van der Waals surface area contributed by atoms with Crippen molar-refractivity contribution in [2.75, 3.05) is 26.4 Å². The lowest BCUT2D eigenvalue weighted by atomic mass is 9.96. The summed E-state index contributed by atoms with van der Waals surface area (Å²) in [5, 5.41) is 121. The molecule has 0 spiro atoms. The van der Waals surface area contributed by atoms with Gasteiger partial charge < -0.3 is 89.9 Å². The molecule has 3 aliphatic heterocycles. The number of nitrogens with one attached hydrogen (secondary N) is 1. The number of carbonyl (C=O) groups excluding carboxylic acids is 1. The van der Waals surface area contributed by atoms with E-state index in [1.54, 1.807) is 0 Å². The van der Waals surface area contributed by atoms with Crippen molar-refractivity contribution >= 4 is 5.91 Å². The lowest BCUT2D eigenvalue weighted by molar-refractivity contribution is -0.379. The van der Waals surface area contributed by atoms with E-state index >= 15 is 0 Å². The molecule has 3 rings (SSSR count). The zero-order valence-electron chi connectivity index (χ0n) is 67.3. The average molecular weight is 1530 g/mol. The molecule has 0 aromatic heterocycles. The highest BCUT2D eigenvalue weighted by atomic mass is 16.8. The van der Waals surface area contributed by atoms with Crippen LogP contribution in [0.1, 0.15) is 328 Å². The minimum Gasteiger partial charge on any atom is -0.394 e. The van der Waals surface area contributed by atoms with Gasteiger partial charge >= 0.3 is 0 Å². The number of unbranched alkanes of at least 4 members (excludes halogenated alkanes) is 37. The molecule has 0 aromatic rings. The summed E-state index contributed by atoms with van der Waals surface area (Å²) < 4.78 is 34.6. The number of aliphatic hydroxyl groups excluding tert-OH is 11. The van der Waals surface area contributed by atoms with Crippen molar-refractivity contribution in [3.05, 3.63) is 97.2 Å². The Morgan fingerprint density at radius 2 is 0.639 bits per heavy atom. The molecule has 0 aromatic carbocycles. The quantitative estimate of drug-likeness (QED) is 0.0199. The minimum absolute atomic E-state index is 0.251. The van der Waals surface area contributed by atoms with Gasteiger partial charge in [0.25, 0.3) is 0 Å². The molecule has 0 bridgehead atoms. The van der Waals surface area contributed by atoms with E-state index < -0.39 is 124 Å². The Morgan fingerprint density at radius 1 is 0.343 bits per heavy atom. The van der Waals surface area contributed by atoms with Crippen LogP contribution in [0, 0.1) is 0 Å². The van der Waals surface area contributed by atoms with E-state index in [0.29, 0.717) is 12.8 Å². The Labute approximate surface area is 653 Å². The van der Waals surface area contributed by atoms with Gasteiger partial charge in [0.15, 0.2) is 18.9 Å². The largest absolute Gasteiger partial charge is 0.394 e. The van der Waals surface area contributed by atoms with E-state index in [1.807, 2.05) is 0 Å². The van der Waals surface area contributed by atoms with Gasteiger partial charge in [0.05, 0.1) is 38.6 Å². The van der Waals surface area contributed by atoms with Crippen molar-refractivity contribution in [2.24, 2.45) is 0 Å². The molecular weight excluding hydrogens is 1370 g/mol. The molecular formula is C89H157NO18. The van der Waals surface area contributed by atoms with Crippen LogP contribution < -0.4 is 5.32 Å². The first-order chi connectivity index (χ1) is 52.8. The van der Waals surface area contributed by atoms with Crippen molar-refractivity contribution < 1.29 is 89.4 Å². The maximum atomic E-state index is 13.5. The van der Waals surface area contributed by atoms with Crippen LogP contribution in [0.2, 0.25) is 0 Å². The van der Waals surface area contributed by atoms with Crippen molar-refractivity contribution in [2.45, 2.75) is 433 Å². The minimum atomic E-state index is -1.98. The van der Waals surface area contributed by atoms with Crippen LogP contribution in [0.15, 0.2) is 97.2 Å². The maximum Gasteiger partial charge on any atom is 0.220 e. The molecule has 17 atom stereocenters. The van der Waals surface area contributed by atoms with Crippen LogP contribution in [-0.2, 0) is 33.2 Å². The fraction of sp³-hybridized carbons (Fsp3) is 0.809. The summed E-state index contributed by atoms with van der Waals surface area (Å²) in [4.78, 5) is 13.5. The highest BCUT2D eigenvalue weighted by Gasteiger charge is 2.54. The second-order valence-electron chi connectivity index (χ2n) is 30.6. The van der Waals surface area contributed by atoms with Gasteiger partial charge in [0.1, 0.15) is 73.2 Å². The predicted molar refractivity (Wildman–Crippen MR) is 434 cm³/mol. The molecule has 1 amide bonds. The average Bonchev–Trinajstić information content (AvgIpc) is 0.779. The lowest BCUT2D eigenvalue weighted by Crippen LogP contribution is -2.66. The second kappa shape index (κ2) is 68.1. The number of hydrogen-bond acceptors (Lipinski definition) is 18. The lowest BCUT2D eigenvalue weighted by Gasteiger charge is -2.48. The van der Waals surface area contributed by atoms with E-state index in [4.69, 9.17) is 28.4 Å². The molecule has 12 N–H and O–H groups in total. The van der Waals surface area contributed by atoms with Gasteiger partial charge in [0, 0.05) is 6.42 Å². The first-order valence-electron chi connectivity index (χ1n) is 43.5. The van der Waals surface area contributed by atoms with Crippen molar-refractivity contribution in [1.29, 1.82) is 0 Å². The first-order valence-corrected chi connectivity index (χ1v) is 43.5. The predicted octanol–water partition coefficient (Wildman–Crippen LogP) is 15.9. The Hall–Kier alpha value is -3.29. The summed E-state index contributed by atoms with van der Waals surface area (Å²) in [7, 11) is 0. The molecule has 3 aliphatic rings. The molecule has 19 heteroatoms. The van der Waals surface area contributed by atoms with Crippen LogP contribution in [0.25, 0.3) is 0 Å². The number of rotatable bonds is 69. The highest BCUT2D eigenvalue weighted by molar-refractivity contribution is 5.76. The zero-order chi connectivity index (χ0) is 78.1. The number of aliphatic hydroxyl groups is 11. The number of allylic oxidation sites excluding steroid dienone is 16. The summed E-state index contributed by atoms with van der Waals surface area (Å²) in [5.74, 6) is -0.251. The SMILES string of the molecule is CC/C=C\C/C=C\C/C=C\C/C=C\C/C=C\C/C=C\C/C=C\C/C=C\CCCCCCCCCCC(=O)NC(COC1OC(CO)C(OC2OC(CO)C(OC3OC(CO)C(O)C(O)C3O)C(O)C2O)C(O)C1O)C(O)CCCCCCCCCCCCCCCCCCCCCCCCCCCCCCCC. The van der Waals surface area contributed by atoms with Crippen molar-refractivity contribution in [3.8, 4) is 0 Å². The Balaban J connectivity index is 1.35. The molecule has 108 heavy (non-hydrogen) atoms. The zero-order valence-corrected chi connectivity index (χ0v) is 67.3. The Morgan fingerprint density at radius 3 is 1.00 bits per heavy atom. The fourth-order valence-electron chi connectivity index (χ4n) is 14.3. The smallest absolute Gasteiger partial charge is 0.220 e. The van der Waals surface area contributed by atoms with Gasteiger partial charge in [-0.3, -0.25) is 4.79 Å². The number of ether oxygens (including phenoxy) is 6. The van der Waals surface area contributed by atoms with Gasteiger partial charge in [-0.2, -0.15) is 0 Å². The van der Waals surface area contributed by atoms with Gasteiger partial charge in [-0.25, -0.2) is 0 Å². The second-order valence-corrected chi connectivity index (χ2v) is 30.6. The van der Waals surface area contributed by atoms with E-state index in [9.17, 15) is 61.0 Å². The third-order valence-electron chi connectivity index (χ3n) is 21.2. The monoisotopic (exact) mass is 1530 g/mol. The third-order valence-corrected chi connectivity index (χ3v) is 21.2. The molecule has 0 radical (unpaired) electrons. The standard InChI is InChI=1S/C89H157NO18/c1-3-5-7-9-11-13-15-17-19-21-23-25-27-29-31-33-35-36-37-39-41-43-45-47-49-51-53-55-57-59-61-63-65-67-77(95)90-72(73(94)66-64-62-60-58-56-54-52-50-48-46-44-42-40-38-34-32-30-28-26-24-22-20-18-16-14-12-10-8-6-4-2)71-103-87-83(101)80(98)85(75(69-92)105-87)108-89-84(102)81(99)86(76(70-93)106-89)107-88-82(100)79(97)78(96)74(68-91)104-88/h5,7,11,13,17,19,23,25,29,31,35-36,39,41,45,47,72-76,78-89,91-94,96-102H,3-4,6,8-10,12,14-16,18,20-22,24,26-28,30,32-34,37-38,40,42-44,46,48-71H2,1-2H3,(H,90,95)/b7-5-,13-11-,19-17-,25-23-,31-29-,36-35-,41-39-,47-45-. The van der Waals surface area contributed by atoms with E-state index in [2.05, 4.69) is 116 Å². The maximum absolute atomic E-state index is 13.5. The molecule has 3 saturated heterocycles. The first kappa shape index (κ1) is 98.9. The molecule has 0 saturated carbocycles. The molecule has 3 fully saturated rings. The molecule has 17 unspecified atom stereocenters. The molecule has 19 nitrogen and oxygen atoms in total. The Kier molecular flexibility index (Phi) is 62.4. The van der Waals surface area contributed by atoms with Gasteiger partial charge in [-0.05, 0) is 77.0 Å². The fourth-order valence-corrected chi connectivity index (χ4v) is 14.3. The Bertz CT molecular complexity index is 2330. The molecule has 626 valence electrons. The summed E-state index contributed by atoms with van der Waals surface area (Å²) in [6.07, 6.45) is 66.4.